The zero-order chi connectivity index (χ0) is 23.2. The van der Waals surface area contributed by atoms with Crippen LogP contribution < -0.4 is 10.2 Å². The van der Waals surface area contributed by atoms with Gasteiger partial charge in [-0.15, -0.1) is 0 Å². The first kappa shape index (κ1) is 21.0. The molecule has 2 saturated heterocycles. The normalized spacial score (nSPS) is 23.5. The van der Waals surface area contributed by atoms with E-state index in [0.29, 0.717) is 0 Å². The predicted octanol–water partition coefficient (Wildman–Crippen LogP) is 3.02. The highest BCUT2D eigenvalue weighted by Crippen LogP contribution is 2.52. The van der Waals surface area contributed by atoms with Crippen LogP contribution >= 0.6 is 0 Å². The molecule has 0 aromatic heterocycles. The third kappa shape index (κ3) is 3.08. The molecule has 0 bridgehead atoms. The lowest BCUT2D eigenvalue weighted by Gasteiger charge is -2.36. The summed E-state index contributed by atoms with van der Waals surface area (Å²) in [6.45, 7) is 0. The molecule has 0 aliphatic carbocycles. The monoisotopic (exact) mass is 444 g/mol. The van der Waals surface area contributed by atoms with Crippen LogP contribution in [0.2, 0.25) is 0 Å². The molecule has 6 nitrogen and oxygen atoms in total. The zero-order valence-corrected chi connectivity index (χ0v) is 17.8. The van der Waals surface area contributed by atoms with E-state index >= 15 is 0 Å². The Kier molecular flexibility index (Phi) is 5.06. The number of amides is 2. The topological polar surface area (TPSA) is 75.7 Å². The lowest BCUT2D eigenvalue weighted by atomic mass is 9.72. The molecule has 0 spiro atoms. The number of fused-ring (bicyclic) bond motifs is 1. The van der Waals surface area contributed by atoms with Gasteiger partial charge in [-0.05, 0) is 35.4 Å². The number of imide groups is 1. The quantitative estimate of drug-likeness (QED) is 0.495. The van der Waals surface area contributed by atoms with E-state index in [-0.39, 0.29) is 5.69 Å². The Morgan fingerprint density at radius 2 is 1.42 bits per heavy atom. The van der Waals surface area contributed by atoms with E-state index in [2.05, 4.69) is 5.32 Å². The molecule has 3 atom stereocenters. The predicted molar refractivity (Wildman–Crippen MR) is 118 cm³/mol. The van der Waals surface area contributed by atoms with Crippen molar-refractivity contribution in [3.63, 3.8) is 0 Å². The molecule has 166 valence electrons. The average Bonchev–Trinajstić information content (AvgIpc) is 3.35. The van der Waals surface area contributed by atoms with Gasteiger partial charge >= 0.3 is 5.97 Å². The second kappa shape index (κ2) is 7.94. The molecule has 33 heavy (non-hydrogen) atoms. The minimum absolute atomic E-state index is 0.263. The highest BCUT2D eigenvalue weighted by atomic mass is 19.1. The first-order valence-corrected chi connectivity index (χ1v) is 10.6. The molecule has 5 rings (SSSR count). The summed E-state index contributed by atoms with van der Waals surface area (Å²) in [6, 6.07) is 22.7. The molecule has 0 radical (unpaired) electrons. The van der Waals surface area contributed by atoms with Crippen LogP contribution in [0.15, 0.2) is 84.9 Å². The number of hydrogen-bond donors (Lipinski definition) is 1. The summed E-state index contributed by atoms with van der Waals surface area (Å²) in [6.07, 6.45) is 0. The number of nitrogens with zero attached hydrogens (tertiary/aromatic N) is 1. The Labute approximate surface area is 190 Å². The number of carbonyl (C=O) groups excluding carboxylic acids is 3. The smallest absolute Gasteiger partial charge is 0.323 e. The van der Waals surface area contributed by atoms with E-state index in [1.165, 1.54) is 31.4 Å². The van der Waals surface area contributed by atoms with Gasteiger partial charge in [0.1, 0.15) is 11.9 Å². The van der Waals surface area contributed by atoms with Gasteiger partial charge in [-0.2, -0.15) is 0 Å². The van der Waals surface area contributed by atoms with Crippen molar-refractivity contribution in [2.45, 2.75) is 11.6 Å². The van der Waals surface area contributed by atoms with E-state index in [1.54, 1.807) is 0 Å². The molecule has 0 unspecified atom stereocenters. The van der Waals surface area contributed by atoms with Gasteiger partial charge in [-0.25, -0.2) is 9.29 Å². The van der Waals surface area contributed by atoms with Crippen LogP contribution in [0.4, 0.5) is 10.1 Å². The Balaban J connectivity index is 1.74. The minimum atomic E-state index is -1.15. The fraction of sp³-hybridized carbons (Fsp3) is 0.192. The molecule has 3 aromatic rings. The van der Waals surface area contributed by atoms with Crippen LogP contribution in [0.5, 0.6) is 0 Å². The Bertz CT molecular complexity index is 1170. The number of carbonyl (C=O) groups is 3. The first-order valence-electron chi connectivity index (χ1n) is 10.6. The van der Waals surface area contributed by atoms with E-state index in [9.17, 15) is 18.8 Å². The standard InChI is InChI=1S/C26H21FN2O4/c1-33-25(32)22-20-21(24(31)29(23(20)30)19-14-12-18(27)13-15-19)26(28-22,16-8-4-2-5-9-16)17-10-6-3-7-11-17/h2-15,20-22,28H,1H3/t20-,21-,22+/m0/s1. The summed E-state index contributed by atoms with van der Waals surface area (Å²) in [5, 5.41) is 3.33. The molecule has 0 saturated carbocycles. The summed E-state index contributed by atoms with van der Waals surface area (Å²) >= 11 is 0. The number of esters is 1. The molecule has 3 aromatic carbocycles. The highest BCUT2D eigenvalue weighted by Gasteiger charge is 2.68. The molecular formula is C26H21FN2O4. The molecule has 2 aliphatic rings. The number of hydrogen-bond acceptors (Lipinski definition) is 5. The van der Waals surface area contributed by atoms with Gasteiger partial charge in [0.15, 0.2) is 0 Å². The highest BCUT2D eigenvalue weighted by molar-refractivity contribution is 6.24. The van der Waals surface area contributed by atoms with Crippen molar-refractivity contribution in [3.8, 4) is 0 Å². The Morgan fingerprint density at radius 1 is 0.879 bits per heavy atom. The second-order valence-corrected chi connectivity index (χ2v) is 8.18. The maximum Gasteiger partial charge on any atom is 0.323 e. The Hall–Kier alpha value is -3.84. The van der Waals surface area contributed by atoms with Crippen LogP contribution in [0, 0.1) is 17.7 Å². The van der Waals surface area contributed by atoms with Crippen molar-refractivity contribution in [3.05, 3.63) is 102 Å². The van der Waals surface area contributed by atoms with Crippen molar-refractivity contribution in [2.75, 3.05) is 12.0 Å². The van der Waals surface area contributed by atoms with Crippen molar-refractivity contribution in [2.24, 2.45) is 11.8 Å². The van der Waals surface area contributed by atoms with Crippen molar-refractivity contribution in [1.29, 1.82) is 0 Å². The maximum atomic E-state index is 13.9. The third-order valence-corrected chi connectivity index (χ3v) is 6.56. The lowest BCUT2D eigenvalue weighted by molar-refractivity contribution is -0.145. The summed E-state index contributed by atoms with van der Waals surface area (Å²) in [5.41, 5.74) is 0.618. The fourth-order valence-corrected chi connectivity index (χ4v) is 5.18. The van der Waals surface area contributed by atoms with E-state index < -0.39 is 47.0 Å². The zero-order valence-electron chi connectivity index (χ0n) is 17.8. The maximum absolute atomic E-state index is 13.9. The average molecular weight is 444 g/mol. The number of halogens is 1. The van der Waals surface area contributed by atoms with E-state index in [0.717, 1.165) is 16.0 Å². The van der Waals surface area contributed by atoms with Gasteiger partial charge < -0.3 is 4.74 Å². The molecular weight excluding hydrogens is 423 g/mol. The van der Waals surface area contributed by atoms with Crippen LogP contribution in [-0.4, -0.2) is 30.9 Å². The number of rotatable bonds is 4. The van der Waals surface area contributed by atoms with Gasteiger partial charge in [-0.1, -0.05) is 60.7 Å². The van der Waals surface area contributed by atoms with Crippen LogP contribution in [0.25, 0.3) is 0 Å². The van der Waals surface area contributed by atoms with E-state index in [1.807, 2.05) is 60.7 Å². The summed E-state index contributed by atoms with van der Waals surface area (Å²) < 4.78 is 18.5. The van der Waals surface area contributed by atoms with Crippen LogP contribution in [-0.2, 0) is 24.7 Å². The van der Waals surface area contributed by atoms with Gasteiger partial charge in [0.2, 0.25) is 11.8 Å². The summed E-state index contributed by atoms with van der Waals surface area (Å²) in [5.74, 6) is -3.98. The van der Waals surface area contributed by atoms with Gasteiger partial charge in [0, 0.05) is 0 Å². The largest absolute Gasteiger partial charge is 0.468 e. The molecule has 2 amide bonds. The number of ether oxygens (including phenoxy) is 1. The lowest BCUT2D eigenvalue weighted by Crippen LogP contribution is -2.51. The fourth-order valence-electron chi connectivity index (χ4n) is 5.18. The third-order valence-electron chi connectivity index (χ3n) is 6.56. The van der Waals surface area contributed by atoms with Gasteiger partial charge in [-0.3, -0.25) is 19.7 Å². The van der Waals surface area contributed by atoms with Gasteiger partial charge in [0.25, 0.3) is 0 Å². The van der Waals surface area contributed by atoms with Crippen LogP contribution in [0.1, 0.15) is 11.1 Å². The number of methoxy groups -OCH3 is 1. The Morgan fingerprint density at radius 3 is 1.94 bits per heavy atom. The summed E-state index contributed by atoms with van der Waals surface area (Å²) in [4.78, 5) is 41.4. The number of benzene rings is 3. The SMILES string of the molecule is COC(=O)[C@@H]1NC(c2ccccc2)(c2ccccc2)[C@@H]2C(=O)N(c3ccc(F)cc3)C(=O)[C@@H]21. The van der Waals surface area contributed by atoms with Gasteiger partial charge in [0.05, 0.1) is 30.2 Å². The first-order chi connectivity index (χ1) is 16.0. The van der Waals surface area contributed by atoms with Crippen molar-refractivity contribution >= 4 is 23.5 Å². The molecule has 2 aliphatic heterocycles. The second-order valence-electron chi connectivity index (χ2n) is 8.18. The molecule has 2 heterocycles. The number of nitrogens with one attached hydrogen (secondary N) is 1. The molecule has 2 fully saturated rings. The van der Waals surface area contributed by atoms with Crippen molar-refractivity contribution in [1.82, 2.24) is 5.32 Å². The summed E-state index contributed by atoms with van der Waals surface area (Å²) in [7, 11) is 1.25. The van der Waals surface area contributed by atoms with Crippen molar-refractivity contribution < 1.29 is 23.5 Å². The van der Waals surface area contributed by atoms with E-state index in [4.69, 9.17) is 4.74 Å². The molecule has 7 heteroatoms. The number of anilines is 1. The van der Waals surface area contributed by atoms with Crippen LogP contribution in [0.3, 0.4) is 0 Å². The minimum Gasteiger partial charge on any atom is -0.468 e. The molecule has 1 N–H and O–H groups in total.